The molecule has 0 amide bonds. The number of allylic oxidation sites excluding steroid dienone is 13. The van der Waals surface area contributed by atoms with E-state index in [1.165, 1.54) is 33.9 Å². The van der Waals surface area contributed by atoms with Gasteiger partial charge in [0, 0.05) is 46.6 Å². The third kappa shape index (κ3) is 3.99. The van der Waals surface area contributed by atoms with Crippen LogP contribution in [0.4, 0.5) is 0 Å². The Kier molecular flexibility index (Phi) is 6.24. The number of rotatable bonds is 3. The SMILES string of the molecule is CN1C(=CC=C2CCCC(C=CC3=[N+](C)C4=C(CCC=C4)C3(C)C)=C2Cl)C(C)(C)C2=C1C=CCC2. The fourth-order valence-electron chi connectivity index (χ4n) is 6.81. The molecule has 3 heteroatoms. The first-order valence-corrected chi connectivity index (χ1v) is 13.7. The topological polar surface area (TPSA) is 6.25 Å². The van der Waals surface area contributed by atoms with E-state index in [1.54, 1.807) is 11.1 Å². The van der Waals surface area contributed by atoms with Crippen molar-refractivity contribution in [1.82, 2.24) is 4.90 Å². The zero-order valence-electron chi connectivity index (χ0n) is 22.3. The van der Waals surface area contributed by atoms with Crippen LogP contribution in [0.2, 0.25) is 0 Å². The summed E-state index contributed by atoms with van der Waals surface area (Å²) in [5.41, 5.74) is 11.3. The molecule has 2 nitrogen and oxygen atoms in total. The van der Waals surface area contributed by atoms with Crippen LogP contribution in [-0.2, 0) is 0 Å². The minimum Gasteiger partial charge on any atom is -0.347 e. The van der Waals surface area contributed by atoms with Crippen molar-refractivity contribution in [2.24, 2.45) is 10.8 Å². The number of hydrogen-bond acceptors (Lipinski definition) is 1. The molecule has 5 rings (SSSR count). The van der Waals surface area contributed by atoms with Crippen molar-refractivity contribution < 1.29 is 4.58 Å². The molecule has 0 bridgehead atoms. The molecule has 5 aliphatic rings. The Balaban J connectivity index is 1.42. The van der Waals surface area contributed by atoms with Crippen molar-refractivity contribution in [3.8, 4) is 0 Å². The second kappa shape index (κ2) is 8.96. The fraction of sp³-hybridized carbons (Fsp3) is 0.469. The lowest BCUT2D eigenvalue weighted by molar-refractivity contribution is -0.435. The molecule has 0 aromatic rings. The summed E-state index contributed by atoms with van der Waals surface area (Å²) in [6.45, 7) is 9.45. The zero-order valence-corrected chi connectivity index (χ0v) is 23.1. The fourth-order valence-corrected chi connectivity index (χ4v) is 7.13. The van der Waals surface area contributed by atoms with Crippen molar-refractivity contribution in [2.45, 2.75) is 72.6 Å². The average molecular weight is 488 g/mol. The molecule has 0 radical (unpaired) electrons. The molecule has 2 heterocycles. The minimum atomic E-state index is 0.0648. The lowest BCUT2D eigenvalue weighted by Crippen LogP contribution is -2.25. The smallest absolute Gasteiger partial charge is 0.205 e. The van der Waals surface area contributed by atoms with Gasteiger partial charge in [-0.05, 0) is 87.7 Å². The van der Waals surface area contributed by atoms with Gasteiger partial charge in [-0.3, -0.25) is 0 Å². The molecule has 0 saturated carbocycles. The van der Waals surface area contributed by atoms with E-state index in [-0.39, 0.29) is 10.8 Å². The average Bonchev–Trinajstić information content (AvgIpc) is 3.16. The van der Waals surface area contributed by atoms with Gasteiger partial charge in [0.25, 0.3) is 0 Å². The van der Waals surface area contributed by atoms with E-state index in [1.807, 2.05) is 0 Å². The summed E-state index contributed by atoms with van der Waals surface area (Å²) in [6, 6.07) is 0. The van der Waals surface area contributed by atoms with E-state index in [2.05, 4.69) is 99.9 Å². The third-order valence-corrected chi connectivity index (χ3v) is 9.35. The Hall–Kier alpha value is -2.32. The van der Waals surface area contributed by atoms with Crippen molar-refractivity contribution in [2.75, 3.05) is 14.1 Å². The van der Waals surface area contributed by atoms with Gasteiger partial charge in [-0.15, -0.1) is 0 Å². The quantitative estimate of drug-likeness (QED) is 0.362. The molecular formula is C32H40ClN2+. The lowest BCUT2D eigenvalue weighted by Gasteiger charge is -2.26. The van der Waals surface area contributed by atoms with Gasteiger partial charge < -0.3 is 4.90 Å². The van der Waals surface area contributed by atoms with Gasteiger partial charge in [-0.25, -0.2) is 0 Å². The van der Waals surface area contributed by atoms with Crippen molar-refractivity contribution in [3.63, 3.8) is 0 Å². The number of halogens is 1. The van der Waals surface area contributed by atoms with Gasteiger partial charge in [0.1, 0.15) is 7.05 Å². The Labute approximate surface area is 217 Å². The van der Waals surface area contributed by atoms with E-state index < -0.39 is 0 Å². The summed E-state index contributed by atoms with van der Waals surface area (Å²) < 4.78 is 2.38. The van der Waals surface area contributed by atoms with Crippen LogP contribution < -0.4 is 0 Å². The maximum absolute atomic E-state index is 7.03. The standard InChI is InChI=1S/C32H40ClN2/c1-31(2)24-14-7-9-16-26(24)34(5)28(31)20-18-22-12-11-13-23(30(22)33)19-21-29-32(3,4)25-15-8-10-17-27(25)35(29)6/h9-10,16-21H,7-8,11-15H2,1-6H3/q+1. The molecule has 0 unspecified atom stereocenters. The molecule has 2 aliphatic heterocycles. The molecular weight excluding hydrogens is 448 g/mol. The maximum Gasteiger partial charge on any atom is 0.205 e. The first-order valence-electron chi connectivity index (χ1n) is 13.3. The van der Waals surface area contributed by atoms with Crippen molar-refractivity contribution >= 4 is 17.3 Å². The Morgan fingerprint density at radius 3 is 2.31 bits per heavy atom. The van der Waals surface area contributed by atoms with Crippen LogP contribution in [0, 0.1) is 10.8 Å². The van der Waals surface area contributed by atoms with E-state index in [4.69, 9.17) is 11.6 Å². The van der Waals surface area contributed by atoms with E-state index in [0.717, 1.165) is 50.0 Å². The maximum atomic E-state index is 7.03. The summed E-state index contributed by atoms with van der Waals surface area (Å²) in [7, 11) is 4.41. The molecule has 0 N–H and O–H groups in total. The number of hydrogen-bond donors (Lipinski definition) is 0. The van der Waals surface area contributed by atoms with Crippen LogP contribution in [0.1, 0.15) is 72.6 Å². The monoisotopic (exact) mass is 487 g/mol. The number of nitrogens with zero attached hydrogens (tertiary/aromatic N) is 2. The molecule has 0 spiro atoms. The highest BCUT2D eigenvalue weighted by molar-refractivity contribution is 6.32. The molecule has 3 aliphatic carbocycles. The molecule has 0 atom stereocenters. The zero-order chi connectivity index (χ0) is 25.0. The van der Waals surface area contributed by atoms with Gasteiger partial charge in [0.05, 0.1) is 5.41 Å². The molecule has 0 aromatic heterocycles. The van der Waals surface area contributed by atoms with Crippen LogP contribution in [0.3, 0.4) is 0 Å². The van der Waals surface area contributed by atoms with Crippen LogP contribution in [0.5, 0.6) is 0 Å². The van der Waals surface area contributed by atoms with E-state index in [0.29, 0.717) is 0 Å². The molecule has 0 saturated heterocycles. The highest BCUT2D eigenvalue weighted by Crippen LogP contribution is 2.50. The van der Waals surface area contributed by atoms with Crippen LogP contribution in [-0.4, -0.2) is 29.3 Å². The van der Waals surface area contributed by atoms with Crippen LogP contribution >= 0.6 is 11.6 Å². The van der Waals surface area contributed by atoms with Gasteiger partial charge in [-0.2, -0.15) is 4.58 Å². The Bertz CT molecular complexity index is 1230. The largest absolute Gasteiger partial charge is 0.347 e. The van der Waals surface area contributed by atoms with Crippen molar-refractivity contribution in [3.05, 3.63) is 93.0 Å². The minimum absolute atomic E-state index is 0.0648. The second-order valence-corrected chi connectivity index (χ2v) is 12.0. The summed E-state index contributed by atoms with van der Waals surface area (Å²) in [4.78, 5) is 2.38. The van der Waals surface area contributed by atoms with Gasteiger partial charge in [0.2, 0.25) is 5.70 Å². The van der Waals surface area contributed by atoms with E-state index in [9.17, 15) is 0 Å². The van der Waals surface area contributed by atoms with Crippen molar-refractivity contribution in [1.29, 1.82) is 0 Å². The first-order chi connectivity index (χ1) is 16.6. The molecule has 35 heavy (non-hydrogen) atoms. The Morgan fingerprint density at radius 2 is 1.60 bits per heavy atom. The predicted octanol–water partition coefficient (Wildman–Crippen LogP) is 8.33. The lowest BCUT2D eigenvalue weighted by atomic mass is 9.77. The summed E-state index contributed by atoms with van der Waals surface area (Å²) in [6.07, 6.45) is 26.3. The summed E-state index contributed by atoms with van der Waals surface area (Å²) in [5.74, 6) is 0. The normalized spacial score (nSPS) is 27.9. The van der Waals surface area contributed by atoms with Gasteiger partial charge in [-0.1, -0.05) is 49.8 Å². The summed E-state index contributed by atoms with van der Waals surface area (Å²) in [5, 5.41) is 0.942. The van der Waals surface area contributed by atoms with E-state index >= 15 is 0 Å². The Morgan fingerprint density at radius 1 is 0.886 bits per heavy atom. The summed E-state index contributed by atoms with van der Waals surface area (Å²) >= 11 is 7.03. The first kappa shape index (κ1) is 24.4. The third-order valence-electron chi connectivity index (χ3n) is 8.87. The highest BCUT2D eigenvalue weighted by atomic mass is 35.5. The van der Waals surface area contributed by atoms with Crippen LogP contribution in [0.25, 0.3) is 0 Å². The molecule has 184 valence electrons. The van der Waals surface area contributed by atoms with Gasteiger partial charge in [0.15, 0.2) is 5.71 Å². The van der Waals surface area contributed by atoms with Gasteiger partial charge >= 0.3 is 0 Å². The molecule has 0 fully saturated rings. The molecule has 0 aromatic carbocycles. The number of likely N-dealkylation sites (N-methyl/N-ethyl adjacent to an activating group) is 2. The highest BCUT2D eigenvalue weighted by Gasteiger charge is 2.44. The van der Waals surface area contributed by atoms with Crippen LogP contribution in [0.15, 0.2) is 93.0 Å². The predicted molar refractivity (Wildman–Crippen MR) is 149 cm³/mol. The second-order valence-electron chi connectivity index (χ2n) is 11.6.